The van der Waals surface area contributed by atoms with E-state index >= 15 is 4.39 Å². The van der Waals surface area contributed by atoms with Crippen molar-refractivity contribution in [2.45, 2.75) is 32.5 Å². The fraction of sp³-hybridized carbons (Fsp3) is 0.417. The normalized spacial score (nSPS) is 18.9. The maximum atomic E-state index is 15.5. The number of hydrogen-bond donors (Lipinski definition) is 2. The van der Waals surface area contributed by atoms with Crippen LogP contribution >= 0.6 is 11.6 Å². The first kappa shape index (κ1) is 26.4. The van der Waals surface area contributed by atoms with E-state index in [4.69, 9.17) is 25.8 Å². The number of halogens is 2. The number of nitrogens with zero attached hydrogens (tertiary/aromatic N) is 4. The lowest BCUT2D eigenvalue weighted by atomic mass is 10.1. The number of carbonyl (C=O) groups is 2. The van der Waals surface area contributed by atoms with Crippen LogP contribution in [0.4, 0.5) is 26.6 Å². The average molecular weight is 535 g/mol. The lowest BCUT2D eigenvalue weighted by Gasteiger charge is -2.35. The number of carbonyl (C=O) groups excluding carboxylic acids is 2. The molecule has 0 bridgehead atoms. The molecule has 0 saturated carbocycles. The van der Waals surface area contributed by atoms with Gasteiger partial charge in [-0.1, -0.05) is 18.2 Å². The molecule has 0 radical (unpaired) electrons. The van der Waals surface area contributed by atoms with Gasteiger partial charge in [0.1, 0.15) is 22.3 Å². The molecule has 13 heteroatoms. The van der Waals surface area contributed by atoms with Crippen molar-refractivity contribution in [3.05, 3.63) is 41.3 Å². The van der Waals surface area contributed by atoms with E-state index in [1.165, 1.54) is 29.0 Å². The molecule has 2 N–H and O–H groups in total. The Labute approximate surface area is 218 Å². The van der Waals surface area contributed by atoms with Crippen molar-refractivity contribution >= 4 is 41.0 Å². The zero-order valence-electron chi connectivity index (χ0n) is 20.7. The Morgan fingerprint density at radius 3 is 2.70 bits per heavy atom. The van der Waals surface area contributed by atoms with Crippen molar-refractivity contribution in [1.29, 1.82) is 0 Å². The van der Waals surface area contributed by atoms with E-state index in [1.54, 1.807) is 20.0 Å². The maximum absolute atomic E-state index is 15.5. The van der Waals surface area contributed by atoms with Crippen molar-refractivity contribution in [2.24, 2.45) is 0 Å². The molecule has 2 aromatic rings. The zero-order valence-corrected chi connectivity index (χ0v) is 21.5. The second kappa shape index (κ2) is 11.2. The molecule has 37 heavy (non-hydrogen) atoms. The van der Waals surface area contributed by atoms with E-state index in [1.807, 2.05) is 0 Å². The number of anilines is 3. The van der Waals surface area contributed by atoms with Gasteiger partial charge in [0.2, 0.25) is 11.9 Å². The van der Waals surface area contributed by atoms with E-state index in [0.29, 0.717) is 31.2 Å². The topological polar surface area (TPSA) is 118 Å². The quantitative estimate of drug-likeness (QED) is 0.471. The fourth-order valence-corrected chi connectivity index (χ4v) is 4.43. The summed E-state index contributed by atoms with van der Waals surface area (Å²) in [6.45, 7) is 8.09. The molecule has 2 atom stereocenters. The molecule has 0 aliphatic carbocycles. The minimum atomic E-state index is -0.770. The second-order valence-electron chi connectivity index (χ2n) is 8.29. The summed E-state index contributed by atoms with van der Waals surface area (Å²) in [4.78, 5) is 36.4. The standard InChI is InChI=1S/C24H28ClFN6O5/c1-5-18(33)28-14-11-35-12-15(14)29-23-27-9-13-10-32(24(34)31(4)22(13)30-23)21-19(25)16(36-6-2)8-17(20(21)26)37-7-3/h5,8-9,14-15H,1,6-7,10-12H2,2-4H3,(H,28,33)(H,27,29,30). The Bertz CT molecular complexity index is 1180. The van der Waals surface area contributed by atoms with Crippen LogP contribution in [0.5, 0.6) is 11.5 Å². The van der Waals surface area contributed by atoms with Gasteiger partial charge in [0, 0.05) is 24.9 Å². The molecule has 1 aromatic heterocycles. The van der Waals surface area contributed by atoms with Crippen LogP contribution in [-0.2, 0) is 16.1 Å². The van der Waals surface area contributed by atoms with Crippen molar-refractivity contribution in [3.63, 3.8) is 0 Å². The molecule has 1 aromatic carbocycles. The Balaban J connectivity index is 1.63. The minimum absolute atomic E-state index is 0.0267. The SMILES string of the molecule is C=CC(=O)NC1COCC1Nc1ncc2c(n1)N(C)C(=O)N(c1c(F)c(OCC)cc(OCC)c1Cl)C2. The highest BCUT2D eigenvalue weighted by Crippen LogP contribution is 2.44. The van der Waals surface area contributed by atoms with E-state index in [2.05, 4.69) is 27.2 Å². The molecule has 2 unspecified atom stereocenters. The molecular weight excluding hydrogens is 507 g/mol. The predicted molar refractivity (Wildman–Crippen MR) is 136 cm³/mol. The van der Waals surface area contributed by atoms with Crippen molar-refractivity contribution in [2.75, 3.05) is 48.6 Å². The highest BCUT2D eigenvalue weighted by Gasteiger charge is 2.36. The summed E-state index contributed by atoms with van der Waals surface area (Å²) >= 11 is 6.50. The zero-order chi connectivity index (χ0) is 26.7. The molecule has 2 aliphatic heterocycles. The van der Waals surface area contributed by atoms with Crippen molar-refractivity contribution in [1.82, 2.24) is 15.3 Å². The molecule has 3 amide bonds. The van der Waals surface area contributed by atoms with Gasteiger partial charge in [-0.15, -0.1) is 0 Å². The maximum Gasteiger partial charge on any atom is 0.330 e. The minimum Gasteiger partial charge on any atom is -0.492 e. The molecule has 3 heterocycles. The van der Waals surface area contributed by atoms with Gasteiger partial charge in [-0.05, 0) is 19.9 Å². The number of hydrogen-bond acceptors (Lipinski definition) is 8. The first-order valence-corrected chi connectivity index (χ1v) is 12.1. The van der Waals surface area contributed by atoms with Crippen LogP contribution in [0.2, 0.25) is 5.02 Å². The van der Waals surface area contributed by atoms with Gasteiger partial charge < -0.3 is 24.8 Å². The third-order valence-corrected chi connectivity index (χ3v) is 6.26. The second-order valence-corrected chi connectivity index (χ2v) is 8.67. The van der Waals surface area contributed by atoms with Gasteiger partial charge in [0.15, 0.2) is 11.6 Å². The number of urea groups is 1. The Kier molecular flexibility index (Phi) is 7.98. The molecule has 4 rings (SSSR count). The van der Waals surface area contributed by atoms with Crippen molar-refractivity contribution < 1.29 is 28.2 Å². The number of nitrogens with one attached hydrogen (secondary N) is 2. The van der Waals surface area contributed by atoms with Crippen LogP contribution in [0.1, 0.15) is 19.4 Å². The summed E-state index contributed by atoms with van der Waals surface area (Å²) < 4.78 is 31.9. The van der Waals surface area contributed by atoms with Crippen LogP contribution < -0.4 is 29.9 Å². The highest BCUT2D eigenvalue weighted by molar-refractivity contribution is 6.35. The third kappa shape index (κ3) is 5.25. The van der Waals surface area contributed by atoms with Gasteiger partial charge in [-0.2, -0.15) is 4.98 Å². The number of rotatable bonds is 9. The summed E-state index contributed by atoms with van der Waals surface area (Å²) in [7, 11) is 1.53. The molecule has 0 spiro atoms. The number of aromatic nitrogens is 2. The lowest BCUT2D eigenvalue weighted by molar-refractivity contribution is -0.117. The monoisotopic (exact) mass is 534 g/mol. The largest absolute Gasteiger partial charge is 0.492 e. The van der Waals surface area contributed by atoms with Crippen LogP contribution in [0.25, 0.3) is 0 Å². The van der Waals surface area contributed by atoms with Crippen LogP contribution in [-0.4, -0.2) is 67.5 Å². The Hall–Kier alpha value is -3.64. The number of fused-ring (bicyclic) bond motifs is 1. The number of amides is 3. The third-order valence-electron chi connectivity index (χ3n) is 5.89. The van der Waals surface area contributed by atoms with Crippen molar-refractivity contribution in [3.8, 4) is 11.5 Å². The number of ether oxygens (including phenoxy) is 3. The summed E-state index contributed by atoms with van der Waals surface area (Å²) in [5.74, 6) is -0.343. The van der Waals surface area contributed by atoms with Gasteiger partial charge in [0.05, 0.1) is 45.1 Å². The van der Waals surface area contributed by atoms with E-state index in [-0.39, 0.29) is 59.3 Å². The first-order chi connectivity index (χ1) is 17.8. The van der Waals surface area contributed by atoms with E-state index < -0.39 is 11.8 Å². The molecule has 1 saturated heterocycles. The highest BCUT2D eigenvalue weighted by atomic mass is 35.5. The van der Waals surface area contributed by atoms with Gasteiger partial charge >= 0.3 is 6.03 Å². The van der Waals surface area contributed by atoms with Gasteiger partial charge in [-0.25, -0.2) is 14.2 Å². The number of benzene rings is 1. The summed E-state index contributed by atoms with van der Waals surface area (Å²) in [5.41, 5.74) is 0.423. The van der Waals surface area contributed by atoms with Gasteiger partial charge in [0.25, 0.3) is 0 Å². The fourth-order valence-electron chi connectivity index (χ4n) is 4.13. The smallest absolute Gasteiger partial charge is 0.330 e. The first-order valence-electron chi connectivity index (χ1n) is 11.7. The average Bonchev–Trinajstić information content (AvgIpc) is 3.31. The summed E-state index contributed by atoms with van der Waals surface area (Å²) in [5, 5.41) is 5.91. The van der Waals surface area contributed by atoms with Crippen LogP contribution in [0.3, 0.4) is 0 Å². The van der Waals surface area contributed by atoms with Gasteiger partial charge in [-0.3, -0.25) is 14.6 Å². The molecule has 11 nitrogen and oxygen atoms in total. The van der Waals surface area contributed by atoms with Crippen LogP contribution in [0, 0.1) is 5.82 Å². The molecule has 2 aliphatic rings. The van der Waals surface area contributed by atoms with E-state index in [9.17, 15) is 9.59 Å². The Morgan fingerprint density at radius 1 is 1.30 bits per heavy atom. The molecule has 1 fully saturated rings. The molecular formula is C24H28ClFN6O5. The molecule has 198 valence electrons. The Morgan fingerprint density at radius 2 is 2.00 bits per heavy atom. The lowest BCUT2D eigenvalue weighted by Crippen LogP contribution is -2.47. The summed E-state index contributed by atoms with van der Waals surface area (Å²) in [6.07, 6.45) is 2.74. The van der Waals surface area contributed by atoms with E-state index in [0.717, 1.165) is 0 Å². The predicted octanol–water partition coefficient (Wildman–Crippen LogP) is 3.12. The summed E-state index contributed by atoms with van der Waals surface area (Å²) in [6, 6.07) is 0.240. The van der Waals surface area contributed by atoms with Crippen LogP contribution in [0.15, 0.2) is 24.9 Å².